The fraction of sp³-hybridized carbons (Fsp3) is 0.375. The first-order valence-electron chi connectivity index (χ1n) is 10.9. The van der Waals surface area contributed by atoms with Crippen LogP contribution in [0.25, 0.3) is 10.4 Å². The molecule has 0 N–H and O–H groups in total. The molecule has 0 amide bonds. The highest BCUT2D eigenvalue weighted by Gasteiger charge is 2.30. The molecule has 1 aliphatic rings. The topological polar surface area (TPSA) is 78.8 Å². The summed E-state index contributed by atoms with van der Waals surface area (Å²) >= 11 is 0. The molecule has 2 heterocycles. The van der Waals surface area contributed by atoms with Crippen molar-refractivity contribution in [1.29, 1.82) is 0 Å². The summed E-state index contributed by atoms with van der Waals surface area (Å²) in [6, 6.07) is 16.0. The van der Waals surface area contributed by atoms with Gasteiger partial charge in [0.05, 0.1) is 12.8 Å². The van der Waals surface area contributed by atoms with Gasteiger partial charge in [0, 0.05) is 20.1 Å². The van der Waals surface area contributed by atoms with Gasteiger partial charge in [0.15, 0.2) is 0 Å². The SMILES string of the molecule is Cn1c(N(Cc2ccco2)C2CCCCC2)c(C#[N+][N-]c2ccccc2)c(=O)n(C)c1=O. The third kappa shape index (κ3) is 4.47. The van der Waals surface area contributed by atoms with Gasteiger partial charge in [-0.25, -0.2) is 4.79 Å². The van der Waals surface area contributed by atoms with Crippen LogP contribution in [-0.2, 0) is 20.6 Å². The predicted molar refractivity (Wildman–Crippen MR) is 124 cm³/mol. The molecule has 0 spiro atoms. The van der Waals surface area contributed by atoms with E-state index in [1.54, 1.807) is 13.3 Å². The van der Waals surface area contributed by atoms with E-state index in [1.807, 2.05) is 42.5 Å². The van der Waals surface area contributed by atoms with Gasteiger partial charge in [0.2, 0.25) is 5.56 Å². The highest BCUT2D eigenvalue weighted by molar-refractivity contribution is 5.57. The van der Waals surface area contributed by atoms with Gasteiger partial charge in [-0.3, -0.25) is 19.4 Å². The largest absolute Gasteiger partial charge is 0.467 e. The van der Waals surface area contributed by atoms with Crippen LogP contribution in [0.5, 0.6) is 0 Å². The number of benzene rings is 1. The van der Waals surface area contributed by atoms with Crippen LogP contribution < -0.4 is 16.1 Å². The molecule has 0 aliphatic heterocycles. The van der Waals surface area contributed by atoms with Crippen LogP contribution in [0.3, 0.4) is 0 Å². The molecule has 1 aromatic carbocycles. The van der Waals surface area contributed by atoms with Gasteiger partial charge in [-0.1, -0.05) is 60.2 Å². The molecule has 4 rings (SSSR count). The predicted octanol–water partition coefficient (Wildman–Crippen LogP) is 4.32. The van der Waals surface area contributed by atoms with Crippen molar-refractivity contribution in [2.45, 2.75) is 44.7 Å². The Morgan fingerprint density at radius 1 is 1.06 bits per heavy atom. The van der Waals surface area contributed by atoms with Crippen LogP contribution >= 0.6 is 0 Å². The summed E-state index contributed by atoms with van der Waals surface area (Å²) in [4.78, 5) is 32.1. The van der Waals surface area contributed by atoms with Crippen molar-refractivity contribution in [3.63, 3.8) is 0 Å². The van der Waals surface area contributed by atoms with E-state index in [9.17, 15) is 9.59 Å². The Kier molecular flexibility index (Phi) is 6.45. The van der Waals surface area contributed by atoms with Crippen LogP contribution in [0.4, 0.5) is 11.5 Å². The number of hydrogen-bond donors (Lipinski definition) is 0. The van der Waals surface area contributed by atoms with E-state index < -0.39 is 11.2 Å². The Hall–Kier alpha value is -3.73. The molecular formula is C24H27N5O3. The fourth-order valence-electron chi connectivity index (χ4n) is 4.24. The van der Waals surface area contributed by atoms with Gasteiger partial charge >= 0.3 is 11.8 Å². The van der Waals surface area contributed by atoms with Crippen LogP contribution in [0.2, 0.25) is 0 Å². The van der Waals surface area contributed by atoms with E-state index in [0.29, 0.717) is 18.1 Å². The molecule has 2 aromatic heterocycles. The van der Waals surface area contributed by atoms with Gasteiger partial charge in [-0.15, -0.1) is 0 Å². The standard InChI is InChI=1S/C24H27N5O3/c1-27-22(29(17-20-14-9-15-32-20)19-12-7-4-8-13-19)21(23(30)28(2)24(27)31)16-25-26-18-10-5-3-6-11-18/h3,5-6,9-11,14-15,19H,4,7-8,12-13,17H2,1-2H3. The monoisotopic (exact) mass is 433 g/mol. The average Bonchev–Trinajstić information content (AvgIpc) is 3.34. The number of anilines is 1. The Bertz CT molecular complexity index is 1230. The summed E-state index contributed by atoms with van der Waals surface area (Å²) in [5, 5.41) is 0. The maximum Gasteiger partial charge on any atom is 0.332 e. The normalized spacial score (nSPS) is 13.9. The van der Waals surface area contributed by atoms with Gasteiger partial charge in [-0.2, -0.15) is 0 Å². The van der Waals surface area contributed by atoms with Crippen molar-refractivity contribution in [2.24, 2.45) is 14.1 Å². The van der Waals surface area contributed by atoms with Gasteiger partial charge in [0.25, 0.3) is 5.56 Å². The van der Waals surface area contributed by atoms with Crippen molar-refractivity contribution in [3.05, 3.63) is 91.3 Å². The molecule has 0 atom stereocenters. The van der Waals surface area contributed by atoms with Crippen molar-refractivity contribution >= 4 is 11.5 Å². The molecule has 0 bridgehead atoms. The zero-order valence-electron chi connectivity index (χ0n) is 18.4. The highest BCUT2D eigenvalue weighted by Crippen LogP contribution is 2.30. The first-order valence-corrected chi connectivity index (χ1v) is 10.9. The minimum atomic E-state index is -0.449. The number of rotatable bonds is 5. The summed E-state index contributed by atoms with van der Waals surface area (Å²) < 4.78 is 8.18. The molecule has 32 heavy (non-hydrogen) atoms. The molecule has 1 fully saturated rings. The van der Waals surface area contributed by atoms with Crippen LogP contribution in [-0.4, -0.2) is 15.2 Å². The van der Waals surface area contributed by atoms with E-state index in [0.717, 1.165) is 36.0 Å². The minimum absolute atomic E-state index is 0.179. The number of nitrogens with zero attached hydrogens (tertiary/aromatic N) is 5. The second-order valence-corrected chi connectivity index (χ2v) is 8.05. The van der Waals surface area contributed by atoms with E-state index in [1.165, 1.54) is 18.0 Å². The Labute approximate surface area is 186 Å². The van der Waals surface area contributed by atoms with Crippen LogP contribution in [0.15, 0.2) is 62.7 Å². The zero-order chi connectivity index (χ0) is 22.5. The van der Waals surface area contributed by atoms with Crippen molar-refractivity contribution in [1.82, 2.24) is 9.13 Å². The quantitative estimate of drug-likeness (QED) is 0.562. The van der Waals surface area contributed by atoms with E-state index in [4.69, 9.17) is 4.42 Å². The second-order valence-electron chi connectivity index (χ2n) is 8.05. The molecule has 3 aromatic rings. The molecular weight excluding hydrogens is 406 g/mol. The maximum atomic E-state index is 13.1. The Balaban J connectivity index is 1.82. The van der Waals surface area contributed by atoms with E-state index in [-0.39, 0.29) is 11.6 Å². The van der Waals surface area contributed by atoms with Gasteiger partial charge < -0.3 is 9.32 Å². The molecule has 0 saturated heterocycles. The van der Waals surface area contributed by atoms with Crippen LogP contribution in [0, 0.1) is 6.07 Å². The van der Waals surface area contributed by atoms with E-state index >= 15 is 0 Å². The van der Waals surface area contributed by atoms with Crippen LogP contribution in [0.1, 0.15) is 43.4 Å². The third-order valence-electron chi connectivity index (χ3n) is 5.91. The lowest BCUT2D eigenvalue weighted by Gasteiger charge is -2.36. The molecule has 0 unspecified atom stereocenters. The fourth-order valence-corrected chi connectivity index (χ4v) is 4.24. The highest BCUT2D eigenvalue weighted by atomic mass is 16.3. The smallest absolute Gasteiger partial charge is 0.332 e. The number of furan rings is 1. The molecule has 0 radical (unpaired) electrons. The lowest BCUT2D eigenvalue weighted by atomic mass is 9.93. The van der Waals surface area contributed by atoms with Crippen molar-refractivity contribution < 1.29 is 4.42 Å². The summed E-state index contributed by atoms with van der Waals surface area (Å²) in [6.07, 6.45) is 7.00. The Morgan fingerprint density at radius 2 is 1.81 bits per heavy atom. The minimum Gasteiger partial charge on any atom is -0.467 e. The molecule has 8 heteroatoms. The molecule has 166 valence electrons. The summed E-state index contributed by atoms with van der Waals surface area (Å²) in [5.41, 5.74) is 4.18. The lowest BCUT2D eigenvalue weighted by Crippen LogP contribution is -2.45. The number of aromatic nitrogens is 2. The van der Waals surface area contributed by atoms with Crippen molar-refractivity contribution in [3.8, 4) is 6.07 Å². The summed E-state index contributed by atoms with van der Waals surface area (Å²) in [7, 11) is 3.14. The second kappa shape index (κ2) is 9.60. The van der Waals surface area contributed by atoms with E-state index in [2.05, 4.69) is 21.3 Å². The van der Waals surface area contributed by atoms with Gasteiger partial charge in [-0.05, 0) is 25.0 Å². The Morgan fingerprint density at radius 3 is 2.50 bits per heavy atom. The molecule has 1 aliphatic carbocycles. The third-order valence-corrected chi connectivity index (χ3v) is 5.91. The summed E-state index contributed by atoms with van der Waals surface area (Å²) in [5.74, 6) is 1.26. The zero-order valence-corrected chi connectivity index (χ0v) is 18.4. The average molecular weight is 434 g/mol. The maximum absolute atomic E-state index is 13.1. The molecule has 8 nitrogen and oxygen atoms in total. The summed E-state index contributed by atoms with van der Waals surface area (Å²) in [6.45, 7) is 0.447. The lowest BCUT2D eigenvalue weighted by molar-refractivity contribution is 0.392. The first kappa shape index (κ1) is 21.5. The van der Waals surface area contributed by atoms with Gasteiger partial charge in [0.1, 0.15) is 11.6 Å². The first-order chi connectivity index (χ1) is 15.6. The number of hydrogen-bond acceptors (Lipinski definition) is 4. The van der Waals surface area contributed by atoms with Crippen molar-refractivity contribution in [2.75, 3.05) is 4.90 Å². The molecule has 1 saturated carbocycles.